The van der Waals surface area contributed by atoms with Crippen molar-refractivity contribution in [3.63, 3.8) is 0 Å². The molecule has 150 valence electrons. The molecule has 1 fully saturated rings. The molecule has 1 aliphatic carbocycles. The van der Waals surface area contributed by atoms with Crippen molar-refractivity contribution in [1.82, 2.24) is 20.4 Å². The number of aryl methyl sites for hydroxylation is 2. The van der Waals surface area contributed by atoms with Crippen LogP contribution in [0, 0.1) is 25.6 Å². The second-order valence-corrected chi connectivity index (χ2v) is 7.83. The van der Waals surface area contributed by atoms with Gasteiger partial charge in [-0.15, -0.1) is 0 Å². The zero-order chi connectivity index (χ0) is 20.4. The third-order valence-corrected chi connectivity index (χ3v) is 5.46. The number of nitrogens with one attached hydrogen (secondary N) is 1. The lowest BCUT2D eigenvalue weighted by atomic mass is 10.1. The summed E-state index contributed by atoms with van der Waals surface area (Å²) in [6.07, 6.45) is 6.59. The molecule has 4 rings (SSSR count). The van der Waals surface area contributed by atoms with E-state index in [9.17, 15) is 9.18 Å². The highest BCUT2D eigenvalue weighted by Gasteiger charge is 2.22. The summed E-state index contributed by atoms with van der Waals surface area (Å²) >= 11 is 1.27. The SMILES string of the molecule is Cc1nc(/C=C/c2c(-c3ccc(F)cn3)noc2C)sc1OC(=O)NCC1CC1. The minimum atomic E-state index is -0.460. The van der Waals surface area contributed by atoms with Crippen LogP contribution in [-0.4, -0.2) is 27.8 Å². The van der Waals surface area contributed by atoms with Crippen LogP contribution in [0.15, 0.2) is 22.9 Å². The smallest absolute Gasteiger partial charge is 0.397 e. The monoisotopic (exact) mass is 414 g/mol. The second kappa shape index (κ2) is 8.12. The molecule has 0 unspecified atom stereocenters. The van der Waals surface area contributed by atoms with Gasteiger partial charge in [0, 0.05) is 12.1 Å². The molecule has 7 nitrogen and oxygen atoms in total. The van der Waals surface area contributed by atoms with Gasteiger partial charge in [0.25, 0.3) is 0 Å². The zero-order valence-corrected chi connectivity index (χ0v) is 16.8. The van der Waals surface area contributed by atoms with Gasteiger partial charge in [0.2, 0.25) is 5.06 Å². The molecule has 1 saturated carbocycles. The van der Waals surface area contributed by atoms with E-state index in [1.54, 1.807) is 32.1 Å². The van der Waals surface area contributed by atoms with E-state index in [4.69, 9.17) is 9.26 Å². The number of hydrogen-bond acceptors (Lipinski definition) is 7. The molecule has 29 heavy (non-hydrogen) atoms. The summed E-state index contributed by atoms with van der Waals surface area (Å²) in [5, 5.41) is 7.92. The van der Waals surface area contributed by atoms with E-state index in [2.05, 4.69) is 20.4 Å². The van der Waals surface area contributed by atoms with Gasteiger partial charge >= 0.3 is 6.09 Å². The predicted molar refractivity (Wildman–Crippen MR) is 107 cm³/mol. The average Bonchev–Trinajstić information content (AvgIpc) is 3.37. The van der Waals surface area contributed by atoms with Gasteiger partial charge in [0.05, 0.1) is 17.6 Å². The van der Waals surface area contributed by atoms with E-state index in [-0.39, 0.29) is 0 Å². The molecule has 3 aromatic rings. The van der Waals surface area contributed by atoms with Crippen molar-refractivity contribution < 1.29 is 18.4 Å². The quantitative estimate of drug-likeness (QED) is 0.633. The summed E-state index contributed by atoms with van der Waals surface area (Å²) in [4.78, 5) is 20.4. The third-order valence-electron chi connectivity index (χ3n) is 4.46. The van der Waals surface area contributed by atoms with Crippen LogP contribution in [0.4, 0.5) is 9.18 Å². The number of amides is 1. The fraction of sp³-hybridized carbons (Fsp3) is 0.300. The summed E-state index contributed by atoms with van der Waals surface area (Å²) < 4.78 is 23.8. The molecule has 0 spiro atoms. The van der Waals surface area contributed by atoms with Gasteiger partial charge in [-0.1, -0.05) is 16.5 Å². The lowest BCUT2D eigenvalue weighted by Gasteiger charge is -2.03. The molecule has 1 amide bonds. The molecule has 3 aromatic heterocycles. The molecule has 3 heterocycles. The minimum absolute atomic E-state index is 0.419. The second-order valence-electron chi connectivity index (χ2n) is 6.83. The largest absolute Gasteiger partial charge is 0.413 e. The highest BCUT2D eigenvalue weighted by molar-refractivity contribution is 7.14. The first-order chi connectivity index (χ1) is 14.0. The summed E-state index contributed by atoms with van der Waals surface area (Å²) in [6.45, 7) is 4.22. The van der Waals surface area contributed by atoms with Crippen molar-refractivity contribution >= 4 is 29.6 Å². The van der Waals surface area contributed by atoms with Crippen LogP contribution in [0.2, 0.25) is 0 Å². The molecule has 0 saturated heterocycles. The Bertz CT molecular complexity index is 1050. The highest BCUT2D eigenvalue weighted by atomic mass is 32.1. The number of nitrogens with zero attached hydrogens (tertiary/aromatic N) is 3. The topological polar surface area (TPSA) is 90.1 Å². The normalized spacial score (nSPS) is 13.8. The van der Waals surface area contributed by atoms with Crippen molar-refractivity contribution in [2.75, 3.05) is 6.54 Å². The molecular weight excluding hydrogens is 395 g/mol. The lowest BCUT2D eigenvalue weighted by Crippen LogP contribution is -2.28. The average molecular weight is 414 g/mol. The van der Waals surface area contributed by atoms with Gasteiger partial charge in [-0.3, -0.25) is 4.98 Å². The Labute approximate surface area is 170 Å². The van der Waals surface area contributed by atoms with Crippen LogP contribution in [0.5, 0.6) is 5.06 Å². The molecule has 0 aromatic carbocycles. The van der Waals surface area contributed by atoms with Gasteiger partial charge in [-0.25, -0.2) is 14.2 Å². The Morgan fingerprint density at radius 3 is 2.93 bits per heavy atom. The molecule has 0 aliphatic heterocycles. The first-order valence-electron chi connectivity index (χ1n) is 9.19. The van der Waals surface area contributed by atoms with Crippen molar-refractivity contribution in [3.8, 4) is 16.5 Å². The Hall–Kier alpha value is -3.07. The standard InChI is InChI=1S/C20H19FN4O3S/c1-11-19(27-20(26)23-9-13-3-4-13)29-17(24-11)8-6-15-12(2)28-25-18(15)16-7-5-14(21)10-22-16/h5-8,10,13H,3-4,9H2,1-2H3,(H,23,26)/b8-6+. The van der Waals surface area contributed by atoms with Crippen molar-refractivity contribution in [3.05, 3.63) is 46.2 Å². The third kappa shape index (κ3) is 4.68. The number of pyridine rings is 1. The molecule has 1 aliphatic rings. The van der Waals surface area contributed by atoms with Gasteiger partial charge in [0.15, 0.2) is 0 Å². The number of carbonyl (C=O) groups is 1. The number of aromatic nitrogens is 3. The van der Waals surface area contributed by atoms with Crippen LogP contribution in [0.3, 0.4) is 0 Å². The Morgan fingerprint density at radius 1 is 1.38 bits per heavy atom. The number of carbonyl (C=O) groups excluding carboxylic acids is 1. The highest BCUT2D eigenvalue weighted by Crippen LogP contribution is 2.31. The van der Waals surface area contributed by atoms with Crippen molar-refractivity contribution in [2.45, 2.75) is 26.7 Å². The fourth-order valence-electron chi connectivity index (χ4n) is 2.67. The number of hydrogen-bond donors (Lipinski definition) is 1. The number of ether oxygens (including phenoxy) is 1. The Morgan fingerprint density at radius 2 is 2.21 bits per heavy atom. The Kier molecular flexibility index (Phi) is 5.39. The molecule has 0 atom stereocenters. The molecule has 9 heteroatoms. The maximum absolute atomic E-state index is 13.1. The summed E-state index contributed by atoms with van der Waals surface area (Å²) in [6, 6.07) is 2.87. The van der Waals surface area contributed by atoms with Crippen LogP contribution in [0.25, 0.3) is 23.5 Å². The number of thiazole rings is 1. The predicted octanol–water partition coefficient (Wildman–Crippen LogP) is 4.62. The van der Waals surface area contributed by atoms with E-state index >= 15 is 0 Å². The Balaban J connectivity index is 1.49. The van der Waals surface area contributed by atoms with Crippen LogP contribution >= 0.6 is 11.3 Å². The van der Waals surface area contributed by atoms with E-state index in [0.29, 0.717) is 45.4 Å². The van der Waals surface area contributed by atoms with Crippen molar-refractivity contribution in [1.29, 1.82) is 0 Å². The minimum Gasteiger partial charge on any atom is -0.397 e. The van der Waals surface area contributed by atoms with E-state index < -0.39 is 11.9 Å². The molecule has 1 N–H and O–H groups in total. The van der Waals surface area contributed by atoms with E-state index in [0.717, 1.165) is 24.6 Å². The molecule has 0 radical (unpaired) electrons. The van der Waals surface area contributed by atoms with Crippen LogP contribution in [-0.2, 0) is 0 Å². The van der Waals surface area contributed by atoms with Gasteiger partial charge in [-0.2, -0.15) is 0 Å². The summed E-state index contributed by atoms with van der Waals surface area (Å²) in [5.41, 5.74) is 2.39. The lowest BCUT2D eigenvalue weighted by molar-refractivity contribution is 0.201. The first kappa shape index (κ1) is 19.3. The maximum atomic E-state index is 13.1. The van der Waals surface area contributed by atoms with Crippen LogP contribution in [0.1, 0.15) is 34.9 Å². The fourth-order valence-corrected chi connectivity index (χ4v) is 3.49. The zero-order valence-electron chi connectivity index (χ0n) is 15.9. The molecule has 0 bridgehead atoms. The summed E-state index contributed by atoms with van der Waals surface area (Å²) in [5.74, 6) is 0.768. The maximum Gasteiger partial charge on any atom is 0.413 e. The van der Waals surface area contributed by atoms with Gasteiger partial charge < -0.3 is 14.6 Å². The van der Waals surface area contributed by atoms with Gasteiger partial charge in [0.1, 0.15) is 22.3 Å². The van der Waals surface area contributed by atoms with Crippen LogP contribution < -0.4 is 10.1 Å². The molecular formula is C20H19FN4O3S. The van der Waals surface area contributed by atoms with Crippen molar-refractivity contribution in [2.24, 2.45) is 5.92 Å². The van der Waals surface area contributed by atoms with E-state index in [1.807, 2.05) is 0 Å². The first-order valence-corrected chi connectivity index (χ1v) is 10.0. The number of rotatable bonds is 6. The van der Waals surface area contributed by atoms with E-state index in [1.165, 1.54) is 17.4 Å². The number of halogens is 1. The van der Waals surface area contributed by atoms with Gasteiger partial charge in [-0.05, 0) is 56.9 Å². The summed E-state index contributed by atoms with van der Waals surface area (Å²) in [7, 11) is 0.